The zero-order chi connectivity index (χ0) is 20.7. The number of hydrogen-bond donors (Lipinski definition) is 1. The van der Waals surface area contributed by atoms with Crippen LogP contribution in [0, 0.1) is 13.8 Å². The third-order valence-corrected chi connectivity index (χ3v) is 4.85. The molecule has 0 unspecified atom stereocenters. The summed E-state index contributed by atoms with van der Waals surface area (Å²) >= 11 is 0. The molecular formula is C22H33N5O. The van der Waals surface area contributed by atoms with E-state index in [1.54, 1.807) is 11.0 Å². The molecular weight excluding hydrogens is 350 g/mol. The molecule has 0 aliphatic heterocycles. The summed E-state index contributed by atoms with van der Waals surface area (Å²) in [6.45, 7) is 13.0. The van der Waals surface area contributed by atoms with E-state index < -0.39 is 0 Å². The molecule has 0 saturated carbocycles. The summed E-state index contributed by atoms with van der Waals surface area (Å²) in [7, 11) is 1.82. The van der Waals surface area contributed by atoms with Crippen LogP contribution in [0.3, 0.4) is 0 Å². The van der Waals surface area contributed by atoms with Gasteiger partial charge in [-0.3, -0.25) is 4.79 Å². The number of unbranched alkanes of at least 4 members (excludes halogenated alkanes) is 1. The van der Waals surface area contributed by atoms with Gasteiger partial charge in [-0.25, -0.2) is 9.97 Å². The van der Waals surface area contributed by atoms with Gasteiger partial charge in [0.2, 0.25) is 0 Å². The average Bonchev–Trinajstić information content (AvgIpc) is 2.68. The second-order valence-corrected chi connectivity index (χ2v) is 7.06. The molecule has 6 nitrogen and oxygen atoms in total. The maximum Gasteiger partial charge on any atom is 0.272 e. The van der Waals surface area contributed by atoms with Gasteiger partial charge in [0.1, 0.15) is 17.3 Å². The van der Waals surface area contributed by atoms with Crippen molar-refractivity contribution in [3.05, 3.63) is 41.3 Å². The zero-order valence-corrected chi connectivity index (χ0v) is 18.0. The molecule has 1 aromatic heterocycles. The molecule has 0 radical (unpaired) electrons. The van der Waals surface area contributed by atoms with Crippen molar-refractivity contribution in [2.45, 2.75) is 47.5 Å². The first-order chi connectivity index (χ1) is 13.4. The summed E-state index contributed by atoms with van der Waals surface area (Å²) in [5.74, 6) is 1.14. The minimum atomic E-state index is -0.0735. The molecule has 2 aromatic rings. The molecule has 1 aromatic carbocycles. The number of hydrogen-bond acceptors (Lipinski definition) is 5. The van der Waals surface area contributed by atoms with Crippen molar-refractivity contribution in [3.8, 4) is 0 Å². The molecule has 1 heterocycles. The normalized spacial score (nSPS) is 10.6. The maximum atomic E-state index is 12.7. The lowest BCUT2D eigenvalue weighted by Gasteiger charge is -2.22. The van der Waals surface area contributed by atoms with Gasteiger partial charge < -0.3 is 15.1 Å². The summed E-state index contributed by atoms with van der Waals surface area (Å²) in [5.41, 5.74) is 3.74. The minimum Gasteiger partial charge on any atom is -0.372 e. The Balaban J connectivity index is 2.23. The number of aryl methyl sites for hydroxylation is 2. The van der Waals surface area contributed by atoms with Gasteiger partial charge in [0.15, 0.2) is 0 Å². The molecule has 0 spiro atoms. The Morgan fingerprint density at radius 1 is 1.07 bits per heavy atom. The van der Waals surface area contributed by atoms with Crippen molar-refractivity contribution >= 4 is 23.1 Å². The largest absolute Gasteiger partial charge is 0.372 e. The van der Waals surface area contributed by atoms with E-state index >= 15 is 0 Å². The lowest BCUT2D eigenvalue weighted by Crippen LogP contribution is -2.28. The van der Waals surface area contributed by atoms with Gasteiger partial charge in [-0.1, -0.05) is 13.3 Å². The van der Waals surface area contributed by atoms with E-state index in [0.717, 1.165) is 43.7 Å². The van der Waals surface area contributed by atoms with Gasteiger partial charge in [-0.2, -0.15) is 0 Å². The molecule has 1 N–H and O–H groups in total. The van der Waals surface area contributed by atoms with Gasteiger partial charge in [0.05, 0.1) is 0 Å². The fourth-order valence-corrected chi connectivity index (χ4v) is 3.15. The van der Waals surface area contributed by atoms with Crippen LogP contribution in [0.25, 0.3) is 0 Å². The van der Waals surface area contributed by atoms with Crippen molar-refractivity contribution in [1.82, 2.24) is 14.9 Å². The number of amides is 1. The number of carbonyl (C=O) groups is 1. The van der Waals surface area contributed by atoms with E-state index in [1.165, 1.54) is 5.69 Å². The van der Waals surface area contributed by atoms with Crippen LogP contribution < -0.4 is 10.2 Å². The molecule has 0 atom stereocenters. The van der Waals surface area contributed by atoms with Gasteiger partial charge >= 0.3 is 0 Å². The van der Waals surface area contributed by atoms with Crippen LogP contribution in [-0.2, 0) is 0 Å². The van der Waals surface area contributed by atoms with Crippen molar-refractivity contribution in [2.75, 3.05) is 36.9 Å². The van der Waals surface area contributed by atoms with Crippen LogP contribution in [0.5, 0.6) is 0 Å². The number of benzene rings is 1. The second kappa shape index (κ2) is 10.1. The number of carbonyl (C=O) groups excluding carboxylic acids is 1. The maximum absolute atomic E-state index is 12.7. The molecule has 0 aliphatic rings. The average molecular weight is 384 g/mol. The number of rotatable bonds is 9. The molecule has 0 aliphatic carbocycles. The van der Waals surface area contributed by atoms with Crippen molar-refractivity contribution < 1.29 is 4.79 Å². The Bertz CT molecular complexity index is 802. The van der Waals surface area contributed by atoms with Gasteiger partial charge in [0.25, 0.3) is 5.91 Å². The Labute approximate surface area is 169 Å². The van der Waals surface area contributed by atoms with Crippen molar-refractivity contribution in [1.29, 1.82) is 0 Å². The second-order valence-electron chi connectivity index (χ2n) is 7.06. The SMILES string of the molecule is CCCCN(C)C(=O)c1cc(Nc2ccc(N(CC)CC)cc2C)nc(C)n1. The topological polar surface area (TPSA) is 61.4 Å². The first-order valence-electron chi connectivity index (χ1n) is 10.1. The molecule has 152 valence electrons. The van der Waals surface area contributed by atoms with E-state index in [1.807, 2.05) is 14.0 Å². The third-order valence-electron chi connectivity index (χ3n) is 4.85. The molecule has 28 heavy (non-hydrogen) atoms. The zero-order valence-electron chi connectivity index (χ0n) is 18.0. The van der Waals surface area contributed by atoms with Gasteiger partial charge in [0, 0.05) is 44.1 Å². The van der Waals surface area contributed by atoms with E-state index in [0.29, 0.717) is 17.3 Å². The van der Waals surface area contributed by atoms with Crippen molar-refractivity contribution in [3.63, 3.8) is 0 Å². The summed E-state index contributed by atoms with van der Waals surface area (Å²) in [6.07, 6.45) is 2.03. The van der Waals surface area contributed by atoms with Crippen LogP contribution in [-0.4, -0.2) is 47.5 Å². The summed E-state index contributed by atoms with van der Waals surface area (Å²) in [4.78, 5) is 25.5. The standard InChI is InChI=1S/C22H33N5O/c1-7-10-13-26(6)22(28)20-15-21(24-17(5)23-20)25-19-12-11-18(14-16(19)4)27(8-2)9-3/h11-12,14-15H,7-10,13H2,1-6H3,(H,23,24,25). The van der Waals surface area contributed by atoms with E-state index in [9.17, 15) is 4.79 Å². The first-order valence-corrected chi connectivity index (χ1v) is 10.1. The molecule has 6 heteroatoms. The third kappa shape index (κ3) is 5.44. The van der Waals surface area contributed by atoms with Gasteiger partial charge in [-0.15, -0.1) is 0 Å². The van der Waals surface area contributed by atoms with Crippen LogP contribution in [0.1, 0.15) is 55.5 Å². The quantitative estimate of drug-likeness (QED) is 0.688. The number of nitrogens with zero attached hydrogens (tertiary/aromatic N) is 4. The Morgan fingerprint density at radius 2 is 1.79 bits per heavy atom. The Kier molecular flexibility index (Phi) is 7.79. The highest BCUT2D eigenvalue weighted by molar-refractivity contribution is 5.93. The van der Waals surface area contributed by atoms with E-state index in [2.05, 4.69) is 66.1 Å². The fraction of sp³-hybridized carbons (Fsp3) is 0.500. The highest BCUT2D eigenvalue weighted by Gasteiger charge is 2.15. The van der Waals surface area contributed by atoms with Gasteiger partial charge in [-0.05, 0) is 57.9 Å². The summed E-state index contributed by atoms with van der Waals surface area (Å²) < 4.78 is 0. The minimum absolute atomic E-state index is 0.0735. The molecule has 0 bridgehead atoms. The predicted molar refractivity (Wildman–Crippen MR) is 117 cm³/mol. The number of nitrogens with one attached hydrogen (secondary N) is 1. The van der Waals surface area contributed by atoms with Crippen LogP contribution in [0.4, 0.5) is 17.2 Å². The highest BCUT2D eigenvalue weighted by Crippen LogP contribution is 2.25. The molecule has 0 fully saturated rings. The smallest absolute Gasteiger partial charge is 0.272 e. The van der Waals surface area contributed by atoms with Crippen LogP contribution in [0.15, 0.2) is 24.3 Å². The summed E-state index contributed by atoms with van der Waals surface area (Å²) in [5, 5.41) is 3.35. The van der Waals surface area contributed by atoms with Crippen LogP contribution >= 0.6 is 0 Å². The first kappa shape index (κ1) is 21.7. The van der Waals surface area contributed by atoms with Crippen LogP contribution in [0.2, 0.25) is 0 Å². The van der Waals surface area contributed by atoms with E-state index in [4.69, 9.17) is 0 Å². The Hall–Kier alpha value is -2.63. The molecule has 2 rings (SSSR count). The van der Waals surface area contributed by atoms with Crippen molar-refractivity contribution in [2.24, 2.45) is 0 Å². The van der Waals surface area contributed by atoms with E-state index in [-0.39, 0.29) is 5.91 Å². The molecule has 0 saturated heterocycles. The fourth-order valence-electron chi connectivity index (χ4n) is 3.15. The summed E-state index contributed by atoms with van der Waals surface area (Å²) in [6, 6.07) is 8.08. The molecule has 1 amide bonds. The lowest BCUT2D eigenvalue weighted by molar-refractivity contribution is 0.0787. The lowest BCUT2D eigenvalue weighted by atomic mass is 10.1. The number of anilines is 3. The highest BCUT2D eigenvalue weighted by atomic mass is 16.2. The predicted octanol–water partition coefficient (Wildman–Crippen LogP) is 4.56. The monoisotopic (exact) mass is 383 g/mol. The Morgan fingerprint density at radius 3 is 2.39 bits per heavy atom. The number of aromatic nitrogens is 2.